The molecule has 0 aromatic carbocycles. The number of hydrogen-bond acceptors (Lipinski definition) is 4. The van der Waals surface area contributed by atoms with Crippen molar-refractivity contribution in [1.82, 2.24) is 14.9 Å². The van der Waals surface area contributed by atoms with E-state index < -0.39 is 12.3 Å². The number of carbonyl (C=O) groups is 2. The first-order chi connectivity index (χ1) is 7.16. The quantitative estimate of drug-likeness (QED) is 0.727. The number of nitrogens with one attached hydrogen (secondary N) is 1. The van der Waals surface area contributed by atoms with E-state index in [2.05, 4.69) is 10.3 Å². The van der Waals surface area contributed by atoms with Crippen molar-refractivity contribution in [2.75, 3.05) is 0 Å². The van der Waals surface area contributed by atoms with Crippen LogP contribution in [-0.4, -0.2) is 27.8 Å². The average molecular weight is 209 g/mol. The van der Waals surface area contributed by atoms with E-state index in [0.29, 0.717) is 18.7 Å². The number of ether oxygens (including phenoxy) is 1. The van der Waals surface area contributed by atoms with Crippen molar-refractivity contribution in [3.8, 4) is 0 Å². The zero-order valence-electron chi connectivity index (χ0n) is 8.27. The van der Waals surface area contributed by atoms with Gasteiger partial charge in [-0.05, 0) is 6.92 Å². The number of carbonyl (C=O) groups excluding carboxylic acids is 2. The lowest BCUT2D eigenvalue weighted by atomic mass is 10.3. The fourth-order valence-corrected chi connectivity index (χ4v) is 1.42. The summed E-state index contributed by atoms with van der Waals surface area (Å²) in [5.74, 6) is 0.472. The van der Waals surface area contributed by atoms with Crippen molar-refractivity contribution in [3.63, 3.8) is 0 Å². The van der Waals surface area contributed by atoms with Crippen LogP contribution in [0.25, 0.3) is 0 Å². The van der Waals surface area contributed by atoms with Gasteiger partial charge < -0.3 is 10.1 Å². The molecule has 1 saturated heterocycles. The second kappa shape index (κ2) is 3.72. The molecule has 1 N–H and O–H groups in total. The van der Waals surface area contributed by atoms with Gasteiger partial charge in [-0.3, -0.25) is 4.79 Å². The summed E-state index contributed by atoms with van der Waals surface area (Å²) in [4.78, 5) is 26.3. The molecule has 0 saturated carbocycles. The lowest BCUT2D eigenvalue weighted by Gasteiger charge is -2.11. The maximum absolute atomic E-state index is 11.5. The fraction of sp³-hybridized carbons (Fsp3) is 0.444. The molecule has 2 heterocycles. The fourth-order valence-electron chi connectivity index (χ4n) is 1.42. The second-order valence-corrected chi connectivity index (χ2v) is 3.32. The van der Waals surface area contributed by atoms with E-state index in [0.717, 1.165) is 0 Å². The average Bonchev–Trinajstić information content (AvgIpc) is 2.75. The van der Waals surface area contributed by atoms with Crippen LogP contribution in [0.1, 0.15) is 18.7 Å². The molecule has 2 rings (SSSR count). The minimum absolute atomic E-state index is 0.0878. The second-order valence-electron chi connectivity index (χ2n) is 3.32. The van der Waals surface area contributed by atoms with Crippen LogP contribution in [0.15, 0.2) is 12.4 Å². The summed E-state index contributed by atoms with van der Waals surface area (Å²) < 4.78 is 6.36. The van der Waals surface area contributed by atoms with Gasteiger partial charge >= 0.3 is 6.09 Å². The number of hydrogen-bond donors (Lipinski definition) is 1. The molecule has 1 fully saturated rings. The highest BCUT2D eigenvalue weighted by Crippen LogP contribution is 2.09. The van der Waals surface area contributed by atoms with E-state index in [1.165, 1.54) is 17.0 Å². The number of amides is 1. The molecule has 0 spiro atoms. The molecule has 6 heteroatoms. The maximum atomic E-state index is 11.5. The number of rotatable bonds is 1. The van der Waals surface area contributed by atoms with Crippen molar-refractivity contribution in [2.24, 2.45) is 0 Å². The Balaban J connectivity index is 1.98. The third-order valence-corrected chi connectivity index (χ3v) is 2.22. The smallest absolute Gasteiger partial charge is 0.421 e. The normalized spacial score (nSPS) is 20.1. The van der Waals surface area contributed by atoms with Gasteiger partial charge in [-0.2, -0.15) is 0 Å². The minimum atomic E-state index is -0.516. The zero-order chi connectivity index (χ0) is 10.8. The Labute approximate surface area is 86.2 Å². The van der Waals surface area contributed by atoms with E-state index in [-0.39, 0.29) is 5.91 Å². The van der Waals surface area contributed by atoms with Gasteiger partial charge in [-0.25, -0.2) is 14.3 Å². The Morgan fingerprint density at radius 2 is 2.53 bits per heavy atom. The summed E-state index contributed by atoms with van der Waals surface area (Å²) in [6, 6.07) is 0. The predicted molar refractivity (Wildman–Crippen MR) is 50.0 cm³/mol. The van der Waals surface area contributed by atoms with Gasteiger partial charge in [0.1, 0.15) is 5.82 Å². The molecule has 1 aromatic heterocycles. The molecule has 1 aliphatic heterocycles. The Morgan fingerprint density at radius 3 is 3.07 bits per heavy atom. The summed E-state index contributed by atoms with van der Waals surface area (Å²) in [6.07, 6.45) is 2.95. The first-order valence-electron chi connectivity index (χ1n) is 4.67. The molecule has 80 valence electrons. The van der Waals surface area contributed by atoms with Crippen molar-refractivity contribution >= 4 is 12.0 Å². The van der Waals surface area contributed by atoms with Crippen molar-refractivity contribution in [3.05, 3.63) is 18.2 Å². The van der Waals surface area contributed by atoms with Crippen LogP contribution in [0.5, 0.6) is 0 Å². The molecule has 1 atom stereocenters. The minimum Gasteiger partial charge on any atom is -0.425 e. The molecule has 15 heavy (non-hydrogen) atoms. The molecule has 0 bridgehead atoms. The van der Waals surface area contributed by atoms with E-state index in [1.54, 1.807) is 6.92 Å². The molecule has 1 aromatic rings. The van der Waals surface area contributed by atoms with Gasteiger partial charge in [0, 0.05) is 25.2 Å². The van der Waals surface area contributed by atoms with E-state index >= 15 is 0 Å². The van der Waals surface area contributed by atoms with E-state index in [4.69, 9.17) is 4.74 Å². The third kappa shape index (κ3) is 1.98. The molecule has 1 unspecified atom stereocenters. The summed E-state index contributed by atoms with van der Waals surface area (Å²) >= 11 is 0. The van der Waals surface area contributed by atoms with Gasteiger partial charge in [0.15, 0.2) is 6.23 Å². The van der Waals surface area contributed by atoms with Crippen molar-refractivity contribution in [2.45, 2.75) is 26.0 Å². The van der Waals surface area contributed by atoms with Gasteiger partial charge in [0.25, 0.3) is 0 Å². The zero-order valence-corrected chi connectivity index (χ0v) is 8.27. The van der Waals surface area contributed by atoms with Crippen LogP contribution < -0.4 is 5.32 Å². The lowest BCUT2D eigenvalue weighted by Crippen LogP contribution is -2.32. The van der Waals surface area contributed by atoms with E-state index in [1.807, 2.05) is 0 Å². The van der Waals surface area contributed by atoms with Gasteiger partial charge in [-0.1, -0.05) is 0 Å². The van der Waals surface area contributed by atoms with Crippen molar-refractivity contribution in [1.29, 1.82) is 0 Å². The van der Waals surface area contributed by atoms with Crippen LogP contribution in [0.2, 0.25) is 0 Å². The van der Waals surface area contributed by atoms with Gasteiger partial charge in [0.05, 0.1) is 0 Å². The highest BCUT2D eigenvalue weighted by atomic mass is 16.6. The number of aryl methyl sites for hydroxylation is 1. The molecule has 1 aliphatic rings. The molecular weight excluding hydrogens is 198 g/mol. The highest BCUT2D eigenvalue weighted by molar-refractivity contribution is 5.79. The topological polar surface area (TPSA) is 73.2 Å². The Kier molecular flexibility index (Phi) is 2.40. The lowest BCUT2D eigenvalue weighted by molar-refractivity contribution is -0.120. The number of aromatic nitrogens is 2. The van der Waals surface area contributed by atoms with Crippen LogP contribution in [0, 0.1) is 6.92 Å². The number of nitrogens with zero attached hydrogens (tertiary/aromatic N) is 2. The van der Waals surface area contributed by atoms with Gasteiger partial charge in [0.2, 0.25) is 5.91 Å². The maximum Gasteiger partial charge on any atom is 0.421 e. The first-order valence-corrected chi connectivity index (χ1v) is 4.67. The summed E-state index contributed by atoms with van der Waals surface area (Å²) in [5, 5.41) is 2.55. The number of imidazole rings is 1. The Hall–Kier alpha value is -1.85. The molecule has 1 amide bonds. The van der Waals surface area contributed by atoms with Crippen LogP contribution in [0.4, 0.5) is 4.79 Å². The Bertz CT molecular complexity index is 399. The molecule has 0 aliphatic carbocycles. The van der Waals surface area contributed by atoms with Crippen LogP contribution in [0.3, 0.4) is 0 Å². The largest absolute Gasteiger partial charge is 0.425 e. The summed E-state index contributed by atoms with van der Waals surface area (Å²) in [6.45, 7) is 1.70. The SMILES string of the molecule is Cc1nccn1C(=O)OC1CCC(=O)N1. The summed E-state index contributed by atoms with van der Waals surface area (Å²) in [7, 11) is 0. The van der Waals surface area contributed by atoms with Crippen molar-refractivity contribution < 1.29 is 14.3 Å². The monoisotopic (exact) mass is 209 g/mol. The first kappa shape index (κ1) is 9.70. The van der Waals surface area contributed by atoms with Crippen LogP contribution in [-0.2, 0) is 9.53 Å². The van der Waals surface area contributed by atoms with E-state index in [9.17, 15) is 9.59 Å². The third-order valence-electron chi connectivity index (χ3n) is 2.22. The Morgan fingerprint density at radius 1 is 1.73 bits per heavy atom. The van der Waals surface area contributed by atoms with Gasteiger partial charge in [-0.15, -0.1) is 0 Å². The van der Waals surface area contributed by atoms with Crippen LogP contribution >= 0.6 is 0 Å². The molecule has 0 radical (unpaired) electrons. The molecule has 6 nitrogen and oxygen atoms in total. The highest BCUT2D eigenvalue weighted by Gasteiger charge is 2.24. The predicted octanol–water partition coefficient (Wildman–Crippen LogP) is 0.412. The standard InChI is InChI=1S/C9H11N3O3/c1-6-10-4-5-12(6)9(14)15-8-3-2-7(13)11-8/h4-5,8H,2-3H2,1H3,(H,11,13). The molecular formula is C9H11N3O3. The summed E-state index contributed by atoms with van der Waals surface area (Å²) in [5.41, 5.74) is 0.